The summed E-state index contributed by atoms with van der Waals surface area (Å²) >= 11 is 0. The number of nitrogens with one attached hydrogen (secondary N) is 6. The smallest absolute Gasteiger partial charge is 0.242 e. The van der Waals surface area contributed by atoms with Crippen molar-refractivity contribution < 1.29 is 34.8 Å². The van der Waals surface area contributed by atoms with E-state index >= 15 is 0 Å². The first kappa shape index (κ1) is 54.6. The van der Waals surface area contributed by atoms with Crippen molar-refractivity contribution in [3.8, 4) is 12.8 Å². The molecule has 1 aromatic rings. The zero-order valence-corrected chi connectivity index (χ0v) is 32.1. The average Bonchev–Trinajstić information content (AvgIpc) is 3.14. The van der Waals surface area contributed by atoms with Crippen LogP contribution < -0.4 is 49.1 Å². The number of carbonyl (C=O) groups is 3. The fourth-order valence-electron chi connectivity index (χ4n) is 4.23. The summed E-state index contributed by atoms with van der Waals surface area (Å²) < 4.78 is 0. The van der Waals surface area contributed by atoms with Gasteiger partial charge in [0.2, 0.25) is 17.7 Å². The lowest BCUT2D eigenvalue weighted by Crippen LogP contribution is -2.56. The molecule has 0 spiro atoms. The normalized spacial score (nSPS) is 14.1. The molecule has 0 heterocycles. The summed E-state index contributed by atoms with van der Waals surface area (Å²) in [4.78, 5) is 37.9. The van der Waals surface area contributed by atoms with Crippen LogP contribution in [0.1, 0.15) is 78.4 Å². The number of benzene rings is 1. The topological polar surface area (TPSA) is 282 Å². The van der Waals surface area contributed by atoms with E-state index < -0.39 is 60.8 Å². The van der Waals surface area contributed by atoms with Gasteiger partial charge in [-0.1, -0.05) is 72.2 Å². The lowest BCUT2D eigenvalue weighted by atomic mass is 10.0. The molecule has 0 aliphatic carbocycles. The number of aliphatic hydroxyl groups is 4. The van der Waals surface area contributed by atoms with Crippen LogP contribution >= 0.6 is 0 Å². The molecular formula is C35H71N9O7. The van der Waals surface area contributed by atoms with Gasteiger partial charge in [0.15, 0.2) is 0 Å². The van der Waals surface area contributed by atoms with Gasteiger partial charge in [-0.3, -0.25) is 25.0 Å². The van der Waals surface area contributed by atoms with Crippen molar-refractivity contribution in [3.05, 3.63) is 35.4 Å². The van der Waals surface area contributed by atoms with Crippen LogP contribution in [0.15, 0.2) is 24.3 Å². The van der Waals surface area contributed by atoms with E-state index in [0.717, 1.165) is 11.1 Å². The third-order valence-corrected chi connectivity index (χ3v) is 6.67. The standard InChI is InChI=1S/C27H51N9O7.3C2H6.C2H2/c1-16-7-3-4-8-17(16)11-19(31-2)26(42)33-15-24(40)36-20(12-21(29)37)27(43)34-14-23(39)35-18(9-5-6-10-28)25(41)32-13-22(30)38;4*1-2/h3-4,7-8,18-23,26,31,33,35,37-39,42H,5-6,9-15,28-30H2,1-2H3,(H,32,41)(H,34,43)(H,36,40);3*1-2H3;1-2H/t18?,19?,20?,21-,22+,23+,26-;;;;/m0..../s1. The van der Waals surface area contributed by atoms with Crippen molar-refractivity contribution >= 4 is 17.7 Å². The van der Waals surface area contributed by atoms with E-state index in [-0.39, 0.29) is 26.1 Å². The molecule has 1 rings (SSSR count). The fourth-order valence-corrected chi connectivity index (χ4v) is 4.23. The molecule has 0 radical (unpaired) electrons. The molecule has 298 valence electrons. The molecule has 16 N–H and O–H groups in total. The molecule has 16 heteroatoms. The molecule has 0 fully saturated rings. The average molecular weight is 730 g/mol. The Morgan fingerprint density at radius 3 is 1.88 bits per heavy atom. The van der Waals surface area contributed by atoms with Crippen LogP contribution in [0.25, 0.3) is 0 Å². The summed E-state index contributed by atoms with van der Waals surface area (Å²) in [5, 5.41) is 55.7. The Hall–Kier alpha value is -3.21. The third-order valence-electron chi connectivity index (χ3n) is 6.67. The van der Waals surface area contributed by atoms with Gasteiger partial charge in [0.1, 0.15) is 31.0 Å². The van der Waals surface area contributed by atoms with Crippen LogP contribution in [-0.2, 0) is 20.8 Å². The molecular weight excluding hydrogens is 658 g/mol. The number of hydrogen-bond acceptors (Lipinski definition) is 13. The van der Waals surface area contributed by atoms with Crippen molar-refractivity contribution in [1.82, 2.24) is 31.9 Å². The maximum Gasteiger partial charge on any atom is 0.242 e. The summed E-state index contributed by atoms with van der Waals surface area (Å²) in [5.41, 5.74) is 18.3. The number of unbranched alkanes of at least 4 members (excludes halogenated alkanes) is 1. The number of carbonyl (C=O) groups excluding carboxylic acids is 3. The quantitative estimate of drug-likeness (QED) is 0.0365. The summed E-state index contributed by atoms with van der Waals surface area (Å²) in [5.74, 6) is -1.87. The van der Waals surface area contributed by atoms with Crippen LogP contribution in [-0.4, -0.2) is 114 Å². The predicted octanol–water partition coefficient (Wildman–Crippen LogP) is -1.57. The summed E-state index contributed by atoms with van der Waals surface area (Å²) in [6, 6.07) is 5.23. The number of aliphatic hydroxyl groups excluding tert-OH is 4. The van der Waals surface area contributed by atoms with Gasteiger partial charge in [0.05, 0.1) is 31.7 Å². The van der Waals surface area contributed by atoms with Gasteiger partial charge in [0, 0.05) is 6.42 Å². The van der Waals surface area contributed by atoms with E-state index in [4.69, 9.17) is 17.2 Å². The van der Waals surface area contributed by atoms with E-state index in [1.165, 1.54) is 0 Å². The Morgan fingerprint density at radius 2 is 1.37 bits per heavy atom. The van der Waals surface area contributed by atoms with Crippen molar-refractivity contribution in [1.29, 1.82) is 0 Å². The Balaban J connectivity index is -0.00000128. The molecule has 0 bridgehead atoms. The highest BCUT2D eigenvalue weighted by molar-refractivity contribution is 5.88. The van der Waals surface area contributed by atoms with E-state index in [9.17, 15) is 34.8 Å². The second-order valence-electron chi connectivity index (χ2n) is 10.4. The first-order valence-corrected chi connectivity index (χ1v) is 17.7. The van der Waals surface area contributed by atoms with Crippen molar-refractivity contribution in [2.45, 2.75) is 124 Å². The highest BCUT2D eigenvalue weighted by Gasteiger charge is 2.26. The van der Waals surface area contributed by atoms with Gasteiger partial charge in [-0.25, -0.2) is 0 Å². The highest BCUT2D eigenvalue weighted by Crippen LogP contribution is 2.11. The molecule has 16 nitrogen and oxygen atoms in total. The molecule has 0 aromatic heterocycles. The number of amides is 3. The van der Waals surface area contributed by atoms with Gasteiger partial charge >= 0.3 is 0 Å². The SMILES string of the molecule is C#C.CC.CC.CC.CNC(Cc1ccccc1C)[C@H](O)NCC(=O)NC(C[C@@H](N)O)C(=O)NC[C@@H](O)NC(CCCCN)C(=O)NC[C@H](N)O. The number of likely N-dealkylation sites (N-methyl/N-ethyl adjacent to an activating group) is 1. The maximum atomic E-state index is 12.8. The first-order chi connectivity index (χ1) is 24.4. The van der Waals surface area contributed by atoms with Gasteiger partial charge in [-0.05, 0) is 50.9 Å². The second-order valence-corrected chi connectivity index (χ2v) is 10.4. The van der Waals surface area contributed by atoms with Crippen LogP contribution in [0.4, 0.5) is 0 Å². The zero-order valence-electron chi connectivity index (χ0n) is 32.1. The minimum Gasteiger partial charge on any atom is -0.379 e. The molecule has 0 saturated heterocycles. The number of terminal acetylenes is 1. The summed E-state index contributed by atoms with van der Waals surface area (Å²) in [7, 11) is 1.69. The minimum absolute atomic E-state index is 0.183. The fraction of sp³-hybridized carbons (Fsp3) is 0.686. The molecule has 3 unspecified atom stereocenters. The molecule has 3 amide bonds. The van der Waals surface area contributed by atoms with E-state index in [1.54, 1.807) is 7.05 Å². The molecule has 1 aromatic carbocycles. The largest absolute Gasteiger partial charge is 0.379 e. The van der Waals surface area contributed by atoms with Crippen molar-refractivity contribution in [3.63, 3.8) is 0 Å². The Kier molecular flexibility index (Phi) is 39.1. The lowest BCUT2D eigenvalue weighted by molar-refractivity contribution is -0.130. The van der Waals surface area contributed by atoms with E-state index in [0.29, 0.717) is 32.2 Å². The van der Waals surface area contributed by atoms with Crippen molar-refractivity contribution in [2.75, 3.05) is 33.2 Å². The zero-order chi connectivity index (χ0) is 40.4. The lowest BCUT2D eigenvalue weighted by Gasteiger charge is -2.25. The maximum absolute atomic E-state index is 12.8. The molecule has 7 atom stereocenters. The number of hydrogen-bond donors (Lipinski definition) is 13. The Morgan fingerprint density at radius 1 is 0.824 bits per heavy atom. The summed E-state index contributed by atoms with van der Waals surface area (Å²) in [6.07, 6.45) is 4.62. The summed E-state index contributed by atoms with van der Waals surface area (Å²) in [6.45, 7) is 13.5. The third kappa shape index (κ3) is 28.1. The molecule has 0 aliphatic heterocycles. The van der Waals surface area contributed by atoms with Crippen LogP contribution in [0.2, 0.25) is 0 Å². The second kappa shape index (κ2) is 36.6. The van der Waals surface area contributed by atoms with Gasteiger partial charge in [-0.15, -0.1) is 12.8 Å². The minimum atomic E-state index is -1.42. The number of aryl methyl sites for hydroxylation is 1. The predicted molar refractivity (Wildman–Crippen MR) is 204 cm³/mol. The monoisotopic (exact) mass is 730 g/mol. The van der Waals surface area contributed by atoms with Gasteiger partial charge < -0.3 is 58.9 Å². The van der Waals surface area contributed by atoms with Gasteiger partial charge in [-0.2, -0.15) is 0 Å². The number of nitrogens with two attached hydrogens (primary N) is 3. The van der Waals surface area contributed by atoms with E-state index in [1.807, 2.05) is 72.7 Å². The Labute approximate surface area is 306 Å². The van der Waals surface area contributed by atoms with Crippen molar-refractivity contribution in [2.24, 2.45) is 17.2 Å². The molecule has 0 aliphatic rings. The molecule has 51 heavy (non-hydrogen) atoms. The number of rotatable bonds is 22. The van der Waals surface area contributed by atoms with Crippen LogP contribution in [0.3, 0.4) is 0 Å². The van der Waals surface area contributed by atoms with E-state index in [2.05, 4.69) is 44.7 Å². The van der Waals surface area contributed by atoms with Crippen LogP contribution in [0.5, 0.6) is 0 Å². The highest BCUT2D eigenvalue weighted by atomic mass is 16.3. The Bertz CT molecular complexity index is 1020. The van der Waals surface area contributed by atoms with Crippen LogP contribution in [0, 0.1) is 19.8 Å². The first-order valence-electron chi connectivity index (χ1n) is 17.7. The van der Waals surface area contributed by atoms with Gasteiger partial charge in [0.25, 0.3) is 0 Å². The molecule has 0 saturated carbocycles.